The summed E-state index contributed by atoms with van der Waals surface area (Å²) in [7, 11) is -4.48. The Morgan fingerprint density at radius 1 is 1.19 bits per heavy atom. The van der Waals surface area contributed by atoms with Crippen molar-refractivity contribution in [3.05, 3.63) is 36.0 Å². The van der Waals surface area contributed by atoms with Gasteiger partial charge < -0.3 is 0 Å². The van der Waals surface area contributed by atoms with Crippen molar-refractivity contribution >= 4 is 10.9 Å². The van der Waals surface area contributed by atoms with E-state index in [2.05, 4.69) is 9.27 Å². The zero-order chi connectivity index (χ0) is 11.8. The smallest absolute Gasteiger partial charge is 0.249 e. The monoisotopic (exact) mass is 241 g/mol. The third-order valence-electron chi connectivity index (χ3n) is 2.05. The number of rotatable bonds is 2. The highest BCUT2D eigenvalue weighted by Crippen LogP contribution is 2.23. The Morgan fingerprint density at radius 2 is 1.88 bits per heavy atom. The lowest BCUT2D eigenvalue weighted by Crippen LogP contribution is -2.63. The lowest BCUT2D eigenvalue weighted by atomic mass is 10.2. The number of benzene rings is 1. The molecule has 1 aromatic carbocycles. The molecule has 0 N–H and O–H groups in total. The molecule has 0 aliphatic carbocycles. The first-order valence-electron chi connectivity index (χ1n) is 4.42. The van der Waals surface area contributed by atoms with E-state index >= 15 is 0 Å². The molecule has 0 fully saturated rings. The second kappa shape index (κ2) is 3.88. The van der Waals surface area contributed by atoms with Gasteiger partial charge >= 0.3 is 5.75 Å². The molecule has 16 heavy (non-hydrogen) atoms. The van der Waals surface area contributed by atoms with Crippen molar-refractivity contribution in [2.24, 2.45) is 0 Å². The molecule has 0 saturated heterocycles. The van der Waals surface area contributed by atoms with Gasteiger partial charge in [0.25, 0.3) is 0 Å². The second-order valence-corrected chi connectivity index (χ2v) is 4.13. The molecule has 1 aromatic heterocycles. The Bertz CT molecular complexity index is 524. The van der Waals surface area contributed by atoms with Gasteiger partial charge in [0.1, 0.15) is 10.2 Å². The van der Waals surface area contributed by atoms with Crippen LogP contribution in [0.15, 0.2) is 30.3 Å². The molecule has 0 spiro atoms. The first-order valence-corrected chi connectivity index (χ1v) is 5.66. The molecule has 0 radical (unpaired) electrons. The van der Waals surface area contributed by atoms with Crippen LogP contribution in [0.2, 0.25) is 0 Å². The quantitative estimate of drug-likeness (QED) is 0.660. The van der Waals surface area contributed by atoms with Crippen LogP contribution in [-0.2, 0) is 0 Å². The molecule has 84 valence electrons. The fraction of sp³-hybridized carbons (Fsp3) is 0.100. The minimum absolute atomic E-state index is 0.0460. The highest BCUT2D eigenvalue weighted by Gasteiger charge is 2.22. The van der Waals surface area contributed by atoms with Gasteiger partial charge in [-0.1, -0.05) is 22.5 Å². The summed E-state index contributed by atoms with van der Waals surface area (Å²) in [5.74, 6) is -0.0460. The molecule has 5 nitrogen and oxygen atoms in total. The predicted molar refractivity (Wildman–Crippen MR) is 47.1 cm³/mol. The van der Waals surface area contributed by atoms with Gasteiger partial charge in [-0.15, -0.1) is 0 Å². The maximum absolute atomic E-state index is 10.5. The molecule has 0 aliphatic heterocycles. The van der Waals surface area contributed by atoms with Crippen LogP contribution in [0.3, 0.4) is 0 Å². The van der Waals surface area contributed by atoms with Crippen molar-refractivity contribution in [3.63, 3.8) is 0 Å². The minimum atomic E-state index is -4.48. The van der Waals surface area contributed by atoms with Crippen molar-refractivity contribution in [2.75, 3.05) is 0 Å². The Hall–Kier alpha value is -1.40. The van der Waals surface area contributed by atoms with E-state index in [0.717, 1.165) is 0 Å². The molecule has 0 saturated carbocycles. The molecular formula is C10H8ClNO4. The number of aromatic nitrogens is 1. The van der Waals surface area contributed by atoms with Crippen LogP contribution in [0.1, 0.15) is 5.69 Å². The van der Waals surface area contributed by atoms with E-state index in [0.29, 0.717) is 16.6 Å². The van der Waals surface area contributed by atoms with Crippen molar-refractivity contribution in [1.29, 1.82) is 0 Å². The minimum Gasteiger partial charge on any atom is -0.249 e. The number of para-hydroxylation sites is 1. The normalized spacial score (nSPS) is 11.8. The summed E-state index contributed by atoms with van der Waals surface area (Å²) in [6.45, 7) is 1.57. The molecule has 0 unspecified atom stereocenters. The first kappa shape index (κ1) is 11.1. The summed E-state index contributed by atoms with van der Waals surface area (Å²) < 4.78 is 35.6. The molecule has 0 aliphatic rings. The van der Waals surface area contributed by atoms with Crippen LogP contribution in [0, 0.1) is 17.2 Å². The Balaban J connectivity index is 2.50. The molecule has 0 atom stereocenters. The summed E-state index contributed by atoms with van der Waals surface area (Å²) in [4.78, 5) is 4.13. The first-order chi connectivity index (χ1) is 7.46. The Kier molecular flexibility index (Phi) is 2.69. The van der Waals surface area contributed by atoms with Gasteiger partial charge in [0, 0.05) is 11.5 Å². The van der Waals surface area contributed by atoms with Gasteiger partial charge in [-0.3, -0.25) is 0 Å². The maximum atomic E-state index is 10.5. The summed E-state index contributed by atoms with van der Waals surface area (Å²) in [5, 5.41) is 0.710. The van der Waals surface area contributed by atoms with E-state index in [4.69, 9.17) is 0 Å². The number of nitrogens with zero attached hydrogens (tertiary/aromatic N) is 1. The fourth-order valence-corrected chi connectivity index (χ4v) is 1.73. The van der Waals surface area contributed by atoms with Gasteiger partial charge in [-0.05, 0) is 13.0 Å². The topological polar surface area (TPSA) is 91.3 Å². The third-order valence-corrected chi connectivity index (χ3v) is 2.40. The summed E-state index contributed by atoms with van der Waals surface area (Å²) >= 11 is 0. The van der Waals surface area contributed by atoms with Crippen LogP contribution in [0.25, 0.3) is 10.9 Å². The number of hydrogen-bond donors (Lipinski definition) is 0. The molecule has 2 rings (SSSR count). The van der Waals surface area contributed by atoms with Crippen LogP contribution < -0.4 is 18.3 Å². The number of halogens is 1. The molecule has 2 aromatic rings. The Labute approximate surface area is 93.7 Å². The SMILES string of the molecule is Cc1nc2ccccc2cc1O[Cl+3]([O-])([O-])[O-]. The van der Waals surface area contributed by atoms with Crippen LogP contribution in [-0.4, -0.2) is 4.98 Å². The number of hydrogen-bond acceptors (Lipinski definition) is 5. The van der Waals surface area contributed by atoms with Crippen molar-refractivity contribution in [1.82, 2.24) is 4.98 Å². The van der Waals surface area contributed by atoms with Gasteiger partial charge in [0.2, 0.25) is 0 Å². The molecule has 0 bridgehead atoms. The van der Waals surface area contributed by atoms with Gasteiger partial charge in [0.15, 0.2) is 0 Å². The van der Waals surface area contributed by atoms with Crippen molar-refractivity contribution in [2.45, 2.75) is 6.92 Å². The third kappa shape index (κ3) is 2.40. The van der Waals surface area contributed by atoms with Crippen molar-refractivity contribution < 1.29 is 28.5 Å². The van der Waals surface area contributed by atoms with E-state index < -0.39 is 10.2 Å². The fourth-order valence-electron chi connectivity index (χ4n) is 1.37. The maximum Gasteiger partial charge on any atom is 0.309 e. The number of aryl methyl sites for hydroxylation is 1. The van der Waals surface area contributed by atoms with E-state index in [1.54, 1.807) is 25.1 Å². The average molecular weight is 242 g/mol. The van der Waals surface area contributed by atoms with Crippen LogP contribution in [0.5, 0.6) is 5.75 Å². The molecule has 6 heteroatoms. The summed E-state index contributed by atoms with van der Waals surface area (Å²) in [5.41, 5.74) is 1.07. The Morgan fingerprint density at radius 3 is 2.56 bits per heavy atom. The summed E-state index contributed by atoms with van der Waals surface area (Å²) in [6, 6.07) is 8.61. The molecule has 0 amide bonds. The van der Waals surface area contributed by atoms with Crippen molar-refractivity contribution in [3.8, 4) is 5.75 Å². The van der Waals surface area contributed by atoms with E-state index in [-0.39, 0.29) is 5.75 Å². The zero-order valence-electron chi connectivity index (χ0n) is 8.34. The van der Waals surface area contributed by atoms with Crippen LogP contribution in [0.4, 0.5) is 0 Å². The highest BCUT2D eigenvalue weighted by atomic mass is 35.7. The highest BCUT2D eigenvalue weighted by molar-refractivity contribution is 5.80. The lowest BCUT2D eigenvalue weighted by molar-refractivity contribution is -1.91. The second-order valence-electron chi connectivity index (χ2n) is 3.22. The van der Waals surface area contributed by atoms with E-state index in [1.165, 1.54) is 6.07 Å². The number of pyridine rings is 1. The van der Waals surface area contributed by atoms with Crippen LogP contribution >= 0.6 is 0 Å². The molecular weight excluding hydrogens is 234 g/mol. The predicted octanol–water partition coefficient (Wildman–Crippen LogP) is -1.18. The average Bonchev–Trinajstić information content (AvgIpc) is 2.17. The van der Waals surface area contributed by atoms with Gasteiger partial charge in [-0.25, -0.2) is 4.98 Å². The van der Waals surface area contributed by atoms with E-state index in [1.807, 2.05) is 6.07 Å². The largest absolute Gasteiger partial charge is 0.309 e. The zero-order valence-corrected chi connectivity index (χ0v) is 9.10. The van der Waals surface area contributed by atoms with Gasteiger partial charge in [0.05, 0.1) is 11.2 Å². The number of fused-ring (bicyclic) bond motifs is 1. The standard InChI is InChI=1S/C10H8ClNO4/c1-7-10(16-11(13,14)15)6-8-4-2-3-5-9(8)12-7/h2-6H,1H3. The van der Waals surface area contributed by atoms with E-state index in [9.17, 15) is 14.0 Å². The van der Waals surface area contributed by atoms with Gasteiger partial charge in [-0.2, -0.15) is 14.0 Å². The summed E-state index contributed by atoms with van der Waals surface area (Å²) in [6.07, 6.45) is 0. The molecule has 1 heterocycles. The lowest BCUT2D eigenvalue weighted by Gasteiger charge is -2.13.